The minimum absolute atomic E-state index is 0.133. The van der Waals surface area contributed by atoms with Crippen LogP contribution in [0, 0.1) is 0 Å². The van der Waals surface area contributed by atoms with Crippen LogP contribution >= 0.6 is 11.6 Å². The van der Waals surface area contributed by atoms with E-state index >= 15 is 0 Å². The van der Waals surface area contributed by atoms with Gasteiger partial charge >= 0.3 is 0 Å². The fourth-order valence-corrected chi connectivity index (χ4v) is 2.51. The first-order valence-electron chi connectivity index (χ1n) is 5.99. The van der Waals surface area contributed by atoms with Crippen LogP contribution in [0.3, 0.4) is 0 Å². The highest BCUT2D eigenvalue weighted by Crippen LogP contribution is 2.29. The van der Waals surface area contributed by atoms with E-state index in [1.807, 2.05) is 18.2 Å². The molecule has 0 saturated heterocycles. The number of nitrogens with one attached hydrogen (secondary N) is 1. The highest BCUT2D eigenvalue weighted by molar-refractivity contribution is 6.32. The van der Waals surface area contributed by atoms with E-state index in [-0.39, 0.29) is 12.1 Å². The van der Waals surface area contributed by atoms with Crippen LogP contribution in [0.15, 0.2) is 18.2 Å². The normalized spacial score (nSPS) is 24.4. The number of ether oxygens (including phenoxy) is 1. The molecule has 1 aliphatic rings. The minimum atomic E-state index is -0.260. The Balaban J connectivity index is 2.05. The van der Waals surface area contributed by atoms with Crippen LogP contribution in [0.25, 0.3) is 0 Å². The van der Waals surface area contributed by atoms with Crippen LogP contribution in [0.1, 0.15) is 25.7 Å². The number of rotatable bonds is 3. The molecule has 4 heteroatoms. The van der Waals surface area contributed by atoms with Crippen molar-refractivity contribution < 1.29 is 9.84 Å². The molecule has 1 saturated carbocycles. The molecular formula is C13H18ClNO2. The molecule has 0 bridgehead atoms. The van der Waals surface area contributed by atoms with E-state index in [2.05, 4.69) is 5.32 Å². The maximum atomic E-state index is 9.88. The Morgan fingerprint density at radius 1 is 1.35 bits per heavy atom. The minimum Gasteiger partial charge on any atom is -0.495 e. The molecule has 2 atom stereocenters. The lowest BCUT2D eigenvalue weighted by atomic mass is 9.92. The molecule has 0 heterocycles. The van der Waals surface area contributed by atoms with E-state index in [0.717, 1.165) is 24.9 Å². The quantitative estimate of drug-likeness (QED) is 0.872. The monoisotopic (exact) mass is 255 g/mol. The summed E-state index contributed by atoms with van der Waals surface area (Å²) in [6.07, 6.45) is 3.90. The van der Waals surface area contributed by atoms with Gasteiger partial charge in [-0.25, -0.2) is 0 Å². The fraction of sp³-hybridized carbons (Fsp3) is 0.538. The highest BCUT2D eigenvalue weighted by Gasteiger charge is 2.22. The topological polar surface area (TPSA) is 41.5 Å². The number of hydrogen-bond donors (Lipinski definition) is 2. The van der Waals surface area contributed by atoms with E-state index in [4.69, 9.17) is 16.3 Å². The number of aliphatic hydroxyl groups is 1. The average Bonchev–Trinajstić information content (AvgIpc) is 2.32. The van der Waals surface area contributed by atoms with Gasteiger partial charge in [-0.2, -0.15) is 0 Å². The molecule has 3 nitrogen and oxygen atoms in total. The van der Waals surface area contributed by atoms with Crippen molar-refractivity contribution in [2.45, 2.75) is 37.8 Å². The van der Waals surface area contributed by atoms with Crippen LogP contribution in [-0.4, -0.2) is 24.4 Å². The van der Waals surface area contributed by atoms with E-state index in [1.54, 1.807) is 7.11 Å². The maximum Gasteiger partial charge on any atom is 0.137 e. The summed E-state index contributed by atoms with van der Waals surface area (Å²) in [7, 11) is 1.60. The standard InChI is InChI=1S/C13H18ClNO2/c1-17-13-7-6-9(8-10(13)14)15-11-4-2-3-5-12(11)16/h6-8,11-12,15-16H,2-5H2,1H3/t11-,12-/m0/s1. The van der Waals surface area contributed by atoms with Crippen molar-refractivity contribution in [2.24, 2.45) is 0 Å². The van der Waals surface area contributed by atoms with Gasteiger partial charge in [-0.3, -0.25) is 0 Å². The summed E-state index contributed by atoms with van der Waals surface area (Å²) in [4.78, 5) is 0. The van der Waals surface area contributed by atoms with E-state index in [1.165, 1.54) is 6.42 Å². The Kier molecular flexibility index (Phi) is 4.13. The first kappa shape index (κ1) is 12.5. The Labute approximate surface area is 107 Å². The third kappa shape index (κ3) is 3.05. The predicted molar refractivity (Wildman–Crippen MR) is 69.9 cm³/mol. The van der Waals surface area contributed by atoms with Gasteiger partial charge in [-0.15, -0.1) is 0 Å². The second kappa shape index (κ2) is 5.61. The molecule has 0 radical (unpaired) electrons. The lowest BCUT2D eigenvalue weighted by Gasteiger charge is -2.29. The number of aliphatic hydroxyl groups excluding tert-OH is 1. The molecule has 1 aliphatic carbocycles. The van der Waals surface area contributed by atoms with Gasteiger partial charge in [-0.05, 0) is 31.0 Å². The zero-order chi connectivity index (χ0) is 12.3. The van der Waals surface area contributed by atoms with E-state index in [9.17, 15) is 5.11 Å². The highest BCUT2D eigenvalue weighted by atomic mass is 35.5. The molecule has 1 fully saturated rings. The van der Waals surface area contributed by atoms with Crippen LogP contribution in [-0.2, 0) is 0 Å². The van der Waals surface area contributed by atoms with Crippen LogP contribution in [0.4, 0.5) is 5.69 Å². The first-order valence-corrected chi connectivity index (χ1v) is 6.36. The molecule has 0 spiro atoms. The summed E-state index contributed by atoms with van der Waals surface area (Å²) < 4.78 is 5.10. The Bertz CT molecular complexity index is 384. The summed E-state index contributed by atoms with van der Waals surface area (Å²) in [5, 5.41) is 13.8. The second-order valence-electron chi connectivity index (χ2n) is 4.45. The lowest BCUT2D eigenvalue weighted by Crippen LogP contribution is -2.36. The fourth-order valence-electron chi connectivity index (χ4n) is 2.25. The molecule has 17 heavy (non-hydrogen) atoms. The van der Waals surface area contributed by atoms with Crippen molar-refractivity contribution in [3.8, 4) is 5.75 Å². The van der Waals surface area contributed by atoms with Crippen LogP contribution in [0.5, 0.6) is 5.75 Å². The summed E-state index contributed by atoms with van der Waals surface area (Å²) in [6.45, 7) is 0. The molecule has 1 aromatic carbocycles. The molecule has 0 unspecified atom stereocenters. The molecule has 1 aromatic rings. The number of methoxy groups -OCH3 is 1. The average molecular weight is 256 g/mol. The van der Waals surface area contributed by atoms with Gasteiger partial charge in [0.1, 0.15) is 5.75 Å². The smallest absolute Gasteiger partial charge is 0.137 e. The van der Waals surface area contributed by atoms with Crippen molar-refractivity contribution in [1.29, 1.82) is 0 Å². The van der Waals surface area contributed by atoms with Gasteiger partial charge in [0.05, 0.1) is 24.3 Å². The summed E-state index contributed by atoms with van der Waals surface area (Å²) in [5.41, 5.74) is 0.932. The molecule has 0 aliphatic heterocycles. The van der Waals surface area contributed by atoms with Gasteiger partial charge in [-0.1, -0.05) is 24.4 Å². The predicted octanol–water partition coefficient (Wildman–Crippen LogP) is 3.06. The summed E-state index contributed by atoms with van der Waals surface area (Å²) in [5.74, 6) is 0.668. The van der Waals surface area contributed by atoms with Crippen LogP contribution < -0.4 is 10.1 Å². The van der Waals surface area contributed by atoms with Gasteiger partial charge in [0, 0.05) is 5.69 Å². The molecular weight excluding hydrogens is 238 g/mol. The van der Waals surface area contributed by atoms with Crippen molar-refractivity contribution in [3.05, 3.63) is 23.2 Å². The number of benzene rings is 1. The largest absolute Gasteiger partial charge is 0.495 e. The van der Waals surface area contributed by atoms with Crippen LogP contribution in [0.2, 0.25) is 5.02 Å². The molecule has 2 N–H and O–H groups in total. The van der Waals surface area contributed by atoms with Crippen molar-refractivity contribution in [3.63, 3.8) is 0 Å². The number of hydrogen-bond acceptors (Lipinski definition) is 3. The van der Waals surface area contributed by atoms with Crippen molar-refractivity contribution >= 4 is 17.3 Å². The molecule has 0 amide bonds. The number of halogens is 1. The molecule has 0 aromatic heterocycles. The van der Waals surface area contributed by atoms with Gasteiger partial charge < -0.3 is 15.2 Å². The molecule has 2 rings (SSSR count). The first-order chi connectivity index (χ1) is 8.20. The van der Waals surface area contributed by atoms with Gasteiger partial charge in [0.15, 0.2) is 0 Å². The van der Waals surface area contributed by atoms with E-state index in [0.29, 0.717) is 10.8 Å². The summed E-state index contributed by atoms with van der Waals surface area (Å²) in [6, 6.07) is 5.72. The Morgan fingerprint density at radius 2 is 2.12 bits per heavy atom. The third-order valence-corrected chi connectivity index (χ3v) is 3.53. The van der Waals surface area contributed by atoms with Gasteiger partial charge in [0.2, 0.25) is 0 Å². The zero-order valence-electron chi connectivity index (χ0n) is 9.95. The summed E-state index contributed by atoms with van der Waals surface area (Å²) >= 11 is 6.06. The lowest BCUT2D eigenvalue weighted by molar-refractivity contribution is 0.116. The SMILES string of the molecule is COc1ccc(N[C@H]2CCCC[C@@H]2O)cc1Cl. The van der Waals surface area contributed by atoms with Crippen molar-refractivity contribution in [1.82, 2.24) is 0 Å². The zero-order valence-corrected chi connectivity index (χ0v) is 10.7. The van der Waals surface area contributed by atoms with Crippen molar-refractivity contribution in [2.75, 3.05) is 12.4 Å². The Morgan fingerprint density at radius 3 is 2.76 bits per heavy atom. The Hall–Kier alpha value is -0.930. The molecule has 94 valence electrons. The maximum absolute atomic E-state index is 9.88. The number of anilines is 1. The third-order valence-electron chi connectivity index (χ3n) is 3.23. The van der Waals surface area contributed by atoms with E-state index < -0.39 is 0 Å². The second-order valence-corrected chi connectivity index (χ2v) is 4.86. The van der Waals surface area contributed by atoms with Gasteiger partial charge in [0.25, 0.3) is 0 Å².